The zero-order valence-electron chi connectivity index (χ0n) is 17.3. The average Bonchev–Trinajstić information content (AvgIpc) is 2.74. The molecule has 0 aliphatic rings. The summed E-state index contributed by atoms with van der Waals surface area (Å²) in [5, 5.41) is 0. The second kappa shape index (κ2) is 12.9. The number of hydrogen-bond donors (Lipinski definition) is 0. The molecule has 2 aromatic carbocycles. The molecule has 2 atom stereocenters. The largest absolute Gasteiger partial charge is 0.466 e. The Kier molecular flexibility index (Phi) is 10.5. The second-order valence-electron chi connectivity index (χ2n) is 6.83. The van der Waals surface area contributed by atoms with E-state index in [9.17, 15) is 9.36 Å². The molecule has 2 rings (SSSR count). The fraction of sp³-hybridized carbons (Fsp3) is 0.435. The summed E-state index contributed by atoms with van der Waals surface area (Å²) in [7, 11) is -2.97. The first-order chi connectivity index (χ1) is 14.1. The first kappa shape index (κ1) is 23.7. The molecule has 0 fully saturated rings. The molecule has 0 bridgehead atoms. The highest BCUT2D eigenvalue weighted by Gasteiger charge is 2.32. The van der Waals surface area contributed by atoms with Crippen molar-refractivity contribution in [3.8, 4) is 0 Å². The van der Waals surface area contributed by atoms with Crippen LogP contribution in [0, 0.1) is 5.92 Å². The fourth-order valence-electron chi connectivity index (χ4n) is 3.14. The van der Waals surface area contributed by atoms with Crippen molar-refractivity contribution in [1.29, 1.82) is 0 Å². The molecular weight excluding hydrogens is 403 g/mol. The van der Waals surface area contributed by atoms with E-state index in [4.69, 9.17) is 9.26 Å². The first-order valence-corrected chi connectivity index (χ1v) is 13.2. The Morgan fingerprint density at radius 2 is 1.66 bits per heavy atom. The Bertz CT molecular complexity index is 767. The molecule has 0 radical (unpaired) electrons. The lowest BCUT2D eigenvalue weighted by Crippen LogP contribution is -2.23. The van der Waals surface area contributed by atoms with E-state index in [1.165, 1.54) is 17.3 Å². The molecule has 0 spiro atoms. The zero-order chi connectivity index (χ0) is 21.0. The number of benzene rings is 2. The van der Waals surface area contributed by atoms with Gasteiger partial charge in [-0.25, -0.2) is 0 Å². The molecule has 0 heterocycles. The summed E-state index contributed by atoms with van der Waals surface area (Å²) in [6.07, 6.45) is 2.59. The standard InChI is InChI=1S/C23H31O4PS/c1-3-26-23(24)21(15-11-14-20-12-7-5-8-13-20)18-28(25,27-4-2)19-29-22-16-9-6-10-17-22/h5-10,12-13,16-17,21H,3-4,11,14-15,18-19H2,1-2H3. The smallest absolute Gasteiger partial charge is 0.309 e. The van der Waals surface area contributed by atoms with Gasteiger partial charge in [0.05, 0.1) is 24.6 Å². The Balaban J connectivity index is 2.01. The molecule has 6 heteroatoms. The SMILES string of the molecule is CCOC(=O)C(CCCc1ccccc1)CP(=O)(CSc1ccccc1)OCC. The van der Waals surface area contributed by atoms with Crippen molar-refractivity contribution in [2.75, 3.05) is 24.9 Å². The van der Waals surface area contributed by atoms with Crippen molar-refractivity contribution < 1.29 is 18.6 Å². The highest BCUT2D eigenvalue weighted by Crippen LogP contribution is 2.53. The lowest BCUT2D eigenvalue weighted by atomic mass is 10.0. The van der Waals surface area contributed by atoms with Crippen LogP contribution in [-0.2, 0) is 25.0 Å². The molecule has 29 heavy (non-hydrogen) atoms. The molecular formula is C23H31O4PS. The van der Waals surface area contributed by atoms with Gasteiger partial charge in [0.25, 0.3) is 0 Å². The number of thioether (sulfide) groups is 1. The molecule has 4 nitrogen and oxygen atoms in total. The topological polar surface area (TPSA) is 52.6 Å². The van der Waals surface area contributed by atoms with Crippen LogP contribution in [0.2, 0.25) is 0 Å². The van der Waals surface area contributed by atoms with Crippen LogP contribution in [0.1, 0.15) is 32.3 Å². The van der Waals surface area contributed by atoms with E-state index in [2.05, 4.69) is 12.1 Å². The maximum absolute atomic E-state index is 13.5. The monoisotopic (exact) mass is 434 g/mol. The highest BCUT2D eigenvalue weighted by molar-refractivity contribution is 8.05. The number of esters is 1. The van der Waals surface area contributed by atoms with Gasteiger partial charge in [-0.05, 0) is 50.8 Å². The second-order valence-corrected chi connectivity index (χ2v) is 10.9. The molecule has 0 aliphatic heterocycles. The molecule has 0 amide bonds. The van der Waals surface area contributed by atoms with Gasteiger partial charge in [0.15, 0.2) is 0 Å². The Morgan fingerprint density at radius 3 is 2.28 bits per heavy atom. The number of aryl methyl sites for hydroxylation is 1. The molecule has 0 aromatic heterocycles. The van der Waals surface area contributed by atoms with Gasteiger partial charge >= 0.3 is 5.97 Å². The quantitative estimate of drug-likeness (QED) is 0.212. The number of carbonyl (C=O) groups excluding carboxylic acids is 1. The number of hydrogen-bond acceptors (Lipinski definition) is 5. The summed E-state index contributed by atoms with van der Waals surface area (Å²) < 4.78 is 24.5. The van der Waals surface area contributed by atoms with E-state index in [1.54, 1.807) is 6.92 Å². The highest BCUT2D eigenvalue weighted by atomic mass is 32.2. The van der Waals surface area contributed by atoms with Crippen LogP contribution in [0.5, 0.6) is 0 Å². The van der Waals surface area contributed by atoms with Crippen molar-refractivity contribution in [2.45, 2.75) is 38.0 Å². The normalized spacial score (nSPS) is 14.1. The third-order valence-corrected chi connectivity index (χ3v) is 8.94. The van der Waals surface area contributed by atoms with E-state index in [1.807, 2.05) is 55.5 Å². The van der Waals surface area contributed by atoms with Crippen LogP contribution < -0.4 is 0 Å². The molecule has 0 saturated carbocycles. The van der Waals surface area contributed by atoms with E-state index < -0.39 is 13.3 Å². The molecule has 0 aliphatic carbocycles. The number of ether oxygens (including phenoxy) is 1. The molecule has 2 aromatic rings. The van der Waals surface area contributed by atoms with Crippen molar-refractivity contribution in [3.63, 3.8) is 0 Å². The third-order valence-electron chi connectivity index (χ3n) is 4.51. The Hall–Kier alpha value is -1.55. The predicted octanol–water partition coefficient (Wildman–Crippen LogP) is 6.25. The lowest BCUT2D eigenvalue weighted by molar-refractivity contribution is -0.147. The summed E-state index contributed by atoms with van der Waals surface area (Å²) in [4.78, 5) is 13.6. The Morgan fingerprint density at radius 1 is 1.00 bits per heavy atom. The van der Waals surface area contributed by atoms with Gasteiger partial charge < -0.3 is 9.26 Å². The van der Waals surface area contributed by atoms with Crippen LogP contribution >= 0.6 is 19.1 Å². The fourth-order valence-corrected chi connectivity index (χ4v) is 7.18. The van der Waals surface area contributed by atoms with Crippen molar-refractivity contribution in [3.05, 3.63) is 66.2 Å². The third kappa shape index (κ3) is 8.77. The predicted molar refractivity (Wildman–Crippen MR) is 121 cm³/mol. The lowest BCUT2D eigenvalue weighted by Gasteiger charge is -2.23. The summed E-state index contributed by atoms with van der Waals surface area (Å²) in [6.45, 7) is 4.33. The van der Waals surface area contributed by atoms with Crippen molar-refractivity contribution in [1.82, 2.24) is 0 Å². The summed E-state index contributed by atoms with van der Waals surface area (Å²) >= 11 is 1.51. The first-order valence-electron chi connectivity index (χ1n) is 10.2. The van der Waals surface area contributed by atoms with Gasteiger partial charge in [-0.15, -0.1) is 11.8 Å². The van der Waals surface area contributed by atoms with Crippen LogP contribution in [0.4, 0.5) is 0 Å². The Labute approximate surface area is 178 Å². The minimum atomic E-state index is -2.97. The van der Waals surface area contributed by atoms with Gasteiger partial charge in [-0.1, -0.05) is 48.5 Å². The number of rotatable bonds is 13. The van der Waals surface area contributed by atoms with Gasteiger partial charge in [0.2, 0.25) is 7.37 Å². The zero-order valence-corrected chi connectivity index (χ0v) is 19.0. The number of carbonyl (C=O) groups is 1. The van der Waals surface area contributed by atoms with E-state index in [-0.39, 0.29) is 12.1 Å². The van der Waals surface area contributed by atoms with Crippen LogP contribution in [-0.4, -0.2) is 30.8 Å². The van der Waals surface area contributed by atoms with Crippen molar-refractivity contribution >= 4 is 25.1 Å². The molecule has 2 unspecified atom stereocenters. The van der Waals surface area contributed by atoms with Crippen LogP contribution in [0.25, 0.3) is 0 Å². The maximum Gasteiger partial charge on any atom is 0.309 e. The van der Waals surface area contributed by atoms with Crippen LogP contribution in [0.3, 0.4) is 0 Å². The minimum absolute atomic E-state index is 0.230. The molecule has 0 N–H and O–H groups in total. The van der Waals surface area contributed by atoms with Gasteiger partial charge in [-0.3, -0.25) is 9.36 Å². The van der Waals surface area contributed by atoms with Gasteiger partial charge in [-0.2, -0.15) is 0 Å². The summed E-state index contributed by atoms with van der Waals surface area (Å²) in [5.41, 5.74) is 1.60. The van der Waals surface area contributed by atoms with E-state index >= 15 is 0 Å². The van der Waals surface area contributed by atoms with Crippen LogP contribution in [0.15, 0.2) is 65.6 Å². The van der Waals surface area contributed by atoms with E-state index in [0.29, 0.717) is 25.1 Å². The molecule has 0 saturated heterocycles. The maximum atomic E-state index is 13.5. The minimum Gasteiger partial charge on any atom is -0.466 e. The van der Waals surface area contributed by atoms with Gasteiger partial charge in [0, 0.05) is 11.1 Å². The van der Waals surface area contributed by atoms with E-state index in [0.717, 1.165) is 17.7 Å². The molecule has 158 valence electrons. The summed E-state index contributed by atoms with van der Waals surface area (Å²) in [5.74, 6) is -0.683. The van der Waals surface area contributed by atoms with Gasteiger partial charge in [0.1, 0.15) is 0 Å². The average molecular weight is 435 g/mol. The van der Waals surface area contributed by atoms with Crippen molar-refractivity contribution in [2.24, 2.45) is 5.92 Å². The summed E-state index contributed by atoms with van der Waals surface area (Å²) in [6, 6.07) is 20.0.